The van der Waals surface area contributed by atoms with Gasteiger partial charge in [-0.15, -0.1) is 10.2 Å². The molecule has 1 aromatic heterocycles. The first-order valence-corrected chi connectivity index (χ1v) is 6.57. The van der Waals surface area contributed by atoms with E-state index in [4.69, 9.17) is 5.73 Å². The number of aromatic nitrogens is 2. The lowest BCUT2D eigenvalue weighted by Crippen LogP contribution is -2.15. The SMILES string of the molecule is NC(=O)c1ccc(NC(=O)c2cc3ccccc3nn2)cc1. The Hall–Kier alpha value is -3.28. The van der Waals surface area contributed by atoms with E-state index in [9.17, 15) is 9.59 Å². The van der Waals surface area contributed by atoms with E-state index in [2.05, 4.69) is 15.5 Å². The summed E-state index contributed by atoms with van der Waals surface area (Å²) in [7, 11) is 0. The average Bonchev–Trinajstić information content (AvgIpc) is 2.55. The Balaban J connectivity index is 1.81. The number of nitrogens with one attached hydrogen (secondary N) is 1. The van der Waals surface area contributed by atoms with Crippen molar-refractivity contribution in [2.45, 2.75) is 0 Å². The maximum atomic E-state index is 12.2. The summed E-state index contributed by atoms with van der Waals surface area (Å²) in [5.41, 5.74) is 7.04. The second-order valence-electron chi connectivity index (χ2n) is 4.68. The maximum Gasteiger partial charge on any atom is 0.276 e. The van der Waals surface area contributed by atoms with Crippen LogP contribution in [-0.4, -0.2) is 22.0 Å². The highest BCUT2D eigenvalue weighted by Crippen LogP contribution is 2.13. The number of primary amides is 1. The number of amides is 2. The zero-order chi connectivity index (χ0) is 15.5. The fourth-order valence-corrected chi connectivity index (χ4v) is 2.01. The van der Waals surface area contributed by atoms with Gasteiger partial charge in [0.2, 0.25) is 5.91 Å². The third-order valence-electron chi connectivity index (χ3n) is 3.15. The van der Waals surface area contributed by atoms with Crippen molar-refractivity contribution in [2.75, 3.05) is 5.32 Å². The topological polar surface area (TPSA) is 98.0 Å². The fraction of sp³-hybridized carbons (Fsp3) is 0. The lowest BCUT2D eigenvalue weighted by Gasteiger charge is -2.05. The fourth-order valence-electron chi connectivity index (χ4n) is 2.01. The summed E-state index contributed by atoms with van der Waals surface area (Å²) >= 11 is 0. The molecule has 2 amide bonds. The van der Waals surface area contributed by atoms with E-state index in [1.54, 1.807) is 30.3 Å². The monoisotopic (exact) mass is 292 g/mol. The third-order valence-corrected chi connectivity index (χ3v) is 3.15. The summed E-state index contributed by atoms with van der Waals surface area (Å²) in [5, 5.41) is 11.5. The first-order chi connectivity index (χ1) is 10.6. The van der Waals surface area contributed by atoms with Crippen LogP contribution in [0.15, 0.2) is 54.6 Å². The van der Waals surface area contributed by atoms with Gasteiger partial charge in [0, 0.05) is 16.6 Å². The van der Waals surface area contributed by atoms with Crippen molar-refractivity contribution in [3.8, 4) is 0 Å². The van der Waals surface area contributed by atoms with Crippen LogP contribution in [0.3, 0.4) is 0 Å². The van der Waals surface area contributed by atoms with Crippen LogP contribution in [0.2, 0.25) is 0 Å². The van der Waals surface area contributed by atoms with Crippen LogP contribution in [0, 0.1) is 0 Å². The van der Waals surface area contributed by atoms with E-state index >= 15 is 0 Å². The molecule has 0 saturated carbocycles. The van der Waals surface area contributed by atoms with Gasteiger partial charge in [-0.05, 0) is 36.4 Å². The number of carbonyl (C=O) groups is 2. The molecule has 3 aromatic rings. The van der Waals surface area contributed by atoms with Crippen molar-refractivity contribution in [3.63, 3.8) is 0 Å². The molecule has 0 bridgehead atoms. The molecular weight excluding hydrogens is 280 g/mol. The Labute approximate surface area is 126 Å². The Bertz CT molecular complexity index is 859. The third kappa shape index (κ3) is 2.76. The summed E-state index contributed by atoms with van der Waals surface area (Å²) in [4.78, 5) is 23.2. The quantitative estimate of drug-likeness (QED) is 0.771. The molecule has 0 aliphatic carbocycles. The molecule has 1 heterocycles. The van der Waals surface area contributed by atoms with Gasteiger partial charge >= 0.3 is 0 Å². The van der Waals surface area contributed by atoms with Gasteiger partial charge in [-0.3, -0.25) is 9.59 Å². The largest absolute Gasteiger partial charge is 0.366 e. The highest BCUT2D eigenvalue weighted by atomic mass is 16.2. The van der Waals surface area contributed by atoms with Gasteiger partial charge in [0.05, 0.1) is 5.52 Å². The van der Waals surface area contributed by atoms with Gasteiger partial charge in [-0.2, -0.15) is 0 Å². The molecule has 0 unspecified atom stereocenters. The molecule has 0 spiro atoms. The van der Waals surface area contributed by atoms with Gasteiger partial charge < -0.3 is 11.1 Å². The first-order valence-electron chi connectivity index (χ1n) is 6.57. The number of anilines is 1. The molecule has 0 aliphatic heterocycles. The Morgan fingerprint density at radius 3 is 2.41 bits per heavy atom. The van der Waals surface area contributed by atoms with Gasteiger partial charge in [0.1, 0.15) is 0 Å². The van der Waals surface area contributed by atoms with E-state index < -0.39 is 5.91 Å². The number of hydrogen-bond donors (Lipinski definition) is 2. The average molecular weight is 292 g/mol. The molecule has 22 heavy (non-hydrogen) atoms. The normalized spacial score (nSPS) is 10.4. The number of nitrogens with zero attached hydrogens (tertiary/aromatic N) is 2. The summed E-state index contributed by atoms with van der Waals surface area (Å²) in [6.45, 7) is 0. The van der Waals surface area contributed by atoms with E-state index in [0.717, 1.165) is 10.9 Å². The summed E-state index contributed by atoms with van der Waals surface area (Å²) in [6, 6.07) is 15.4. The molecule has 0 radical (unpaired) electrons. The molecule has 0 saturated heterocycles. The summed E-state index contributed by atoms with van der Waals surface area (Å²) < 4.78 is 0. The van der Waals surface area contributed by atoms with Gasteiger partial charge in [-0.25, -0.2) is 0 Å². The van der Waals surface area contributed by atoms with Gasteiger partial charge in [0.25, 0.3) is 5.91 Å². The van der Waals surface area contributed by atoms with Crippen LogP contribution in [-0.2, 0) is 0 Å². The minimum atomic E-state index is -0.515. The molecule has 6 nitrogen and oxygen atoms in total. The van der Waals surface area contributed by atoms with Crippen LogP contribution in [0.1, 0.15) is 20.8 Å². The highest BCUT2D eigenvalue weighted by molar-refractivity contribution is 6.04. The zero-order valence-electron chi connectivity index (χ0n) is 11.5. The number of benzene rings is 2. The minimum absolute atomic E-state index is 0.220. The number of rotatable bonds is 3. The van der Waals surface area contributed by atoms with Crippen LogP contribution in [0.25, 0.3) is 10.9 Å². The summed E-state index contributed by atoms with van der Waals surface area (Å²) in [6.07, 6.45) is 0. The Kier molecular flexibility index (Phi) is 3.49. The smallest absolute Gasteiger partial charge is 0.276 e. The second kappa shape index (κ2) is 5.61. The van der Waals surface area contributed by atoms with Crippen LogP contribution < -0.4 is 11.1 Å². The molecule has 6 heteroatoms. The lowest BCUT2D eigenvalue weighted by atomic mass is 10.2. The van der Waals surface area contributed by atoms with E-state index in [0.29, 0.717) is 11.3 Å². The standard InChI is InChI=1S/C16H12N4O2/c17-15(21)10-5-7-12(8-6-10)18-16(22)14-9-11-3-1-2-4-13(11)19-20-14/h1-9H,(H2,17,21)(H,18,22). The maximum absolute atomic E-state index is 12.2. The number of fused-ring (bicyclic) bond motifs is 1. The van der Waals surface area contributed by atoms with Crippen LogP contribution >= 0.6 is 0 Å². The molecular formula is C16H12N4O2. The summed E-state index contributed by atoms with van der Waals surface area (Å²) in [5.74, 6) is -0.886. The van der Waals surface area contributed by atoms with Crippen LogP contribution in [0.4, 0.5) is 5.69 Å². The van der Waals surface area contributed by atoms with Gasteiger partial charge in [0.15, 0.2) is 5.69 Å². The minimum Gasteiger partial charge on any atom is -0.366 e. The second-order valence-corrected chi connectivity index (χ2v) is 4.68. The molecule has 108 valence electrons. The molecule has 2 aromatic carbocycles. The van der Waals surface area contributed by atoms with Crippen molar-refractivity contribution in [1.29, 1.82) is 0 Å². The van der Waals surface area contributed by atoms with E-state index in [1.807, 2.05) is 24.3 Å². The van der Waals surface area contributed by atoms with Crippen molar-refractivity contribution in [2.24, 2.45) is 5.73 Å². The van der Waals surface area contributed by atoms with Gasteiger partial charge in [-0.1, -0.05) is 18.2 Å². The highest BCUT2D eigenvalue weighted by Gasteiger charge is 2.10. The lowest BCUT2D eigenvalue weighted by molar-refractivity contribution is 0.0997. The molecule has 0 fully saturated rings. The molecule has 3 rings (SSSR count). The van der Waals surface area contributed by atoms with Crippen molar-refractivity contribution >= 4 is 28.4 Å². The van der Waals surface area contributed by atoms with Crippen LogP contribution in [0.5, 0.6) is 0 Å². The number of carbonyl (C=O) groups excluding carboxylic acids is 2. The Morgan fingerprint density at radius 1 is 0.955 bits per heavy atom. The van der Waals surface area contributed by atoms with E-state index in [-0.39, 0.29) is 11.6 Å². The predicted octanol–water partition coefficient (Wildman–Crippen LogP) is 1.98. The molecule has 0 aliphatic rings. The predicted molar refractivity (Wildman–Crippen MR) is 82.5 cm³/mol. The van der Waals surface area contributed by atoms with Crippen molar-refractivity contribution in [3.05, 3.63) is 65.9 Å². The van der Waals surface area contributed by atoms with Crippen molar-refractivity contribution in [1.82, 2.24) is 10.2 Å². The van der Waals surface area contributed by atoms with E-state index in [1.165, 1.54) is 0 Å². The van der Waals surface area contributed by atoms with Crippen molar-refractivity contribution < 1.29 is 9.59 Å². The first kappa shape index (κ1) is 13.7. The number of nitrogens with two attached hydrogens (primary N) is 1. The molecule has 0 atom stereocenters. The molecule has 3 N–H and O–H groups in total. The number of hydrogen-bond acceptors (Lipinski definition) is 4. The zero-order valence-corrected chi connectivity index (χ0v) is 11.5. The Morgan fingerprint density at radius 2 is 1.68 bits per heavy atom.